The minimum absolute atomic E-state index is 0.0469. The van der Waals surface area contributed by atoms with Crippen molar-refractivity contribution in [2.45, 2.75) is 38.8 Å². The highest BCUT2D eigenvalue weighted by Gasteiger charge is 2.25. The zero-order chi connectivity index (χ0) is 18.4. The van der Waals surface area contributed by atoms with Crippen LogP contribution in [0.15, 0.2) is 24.3 Å². The summed E-state index contributed by atoms with van der Waals surface area (Å²) < 4.78 is 32.5. The molecule has 0 saturated carbocycles. The Bertz CT molecular complexity index is 668. The number of nitrogens with zero attached hydrogens (tertiary/aromatic N) is 1. The molecule has 1 fully saturated rings. The van der Waals surface area contributed by atoms with Gasteiger partial charge in [0.05, 0.1) is 6.10 Å². The number of benzene rings is 1. The summed E-state index contributed by atoms with van der Waals surface area (Å²) in [6, 6.07) is 6.73. The number of anilines is 1. The number of carbonyl (C=O) groups is 1. The molecule has 1 amide bonds. The van der Waals surface area contributed by atoms with Gasteiger partial charge in [-0.25, -0.2) is 8.42 Å². The summed E-state index contributed by atoms with van der Waals surface area (Å²) >= 11 is 0. The fourth-order valence-corrected chi connectivity index (χ4v) is 3.85. The first-order chi connectivity index (χ1) is 11.8. The fraction of sp³-hybridized carbons (Fsp3) is 0.588. The Kier molecular flexibility index (Phi) is 6.66. The van der Waals surface area contributed by atoms with Gasteiger partial charge in [0.2, 0.25) is 15.9 Å². The minimum atomic E-state index is -3.75. The Balaban J connectivity index is 1.93. The maximum atomic E-state index is 12.3. The van der Waals surface area contributed by atoms with Gasteiger partial charge in [0.25, 0.3) is 0 Å². The van der Waals surface area contributed by atoms with Crippen LogP contribution in [0.5, 0.6) is 5.75 Å². The molecule has 0 radical (unpaired) electrons. The Hall–Kier alpha value is -1.80. The van der Waals surface area contributed by atoms with Crippen molar-refractivity contribution in [1.29, 1.82) is 0 Å². The number of rotatable bonds is 7. The lowest BCUT2D eigenvalue weighted by molar-refractivity contribution is -0.129. The first-order valence-corrected chi connectivity index (χ1v) is 10.2. The van der Waals surface area contributed by atoms with Gasteiger partial charge < -0.3 is 15.0 Å². The molecule has 0 aromatic heterocycles. The van der Waals surface area contributed by atoms with Crippen molar-refractivity contribution in [2.24, 2.45) is 0 Å². The Morgan fingerprint density at radius 1 is 1.28 bits per heavy atom. The van der Waals surface area contributed by atoms with E-state index >= 15 is 0 Å². The summed E-state index contributed by atoms with van der Waals surface area (Å²) in [5, 5.41) is 3.23. The quantitative estimate of drug-likeness (QED) is 0.759. The van der Waals surface area contributed by atoms with Crippen molar-refractivity contribution in [3.05, 3.63) is 24.3 Å². The highest BCUT2D eigenvalue weighted by Crippen LogP contribution is 2.18. The number of sulfonamides is 1. The zero-order valence-electron chi connectivity index (χ0n) is 15.0. The van der Waals surface area contributed by atoms with Gasteiger partial charge in [-0.05, 0) is 64.0 Å². The highest BCUT2D eigenvalue weighted by atomic mass is 32.2. The summed E-state index contributed by atoms with van der Waals surface area (Å²) in [7, 11) is -2.08. The molecule has 1 aromatic carbocycles. The second-order valence-electron chi connectivity index (χ2n) is 6.54. The van der Waals surface area contributed by atoms with Crippen LogP contribution in [0, 0.1) is 0 Å². The maximum absolute atomic E-state index is 12.3. The van der Waals surface area contributed by atoms with Crippen LogP contribution >= 0.6 is 0 Å². The normalized spacial score (nSPS) is 15.8. The lowest BCUT2D eigenvalue weighted by Gasteiger charge is -2.31. The number of carbonyl (C=O) groups excluding carboxylic acids is 1. The Morgan fingerprint density at radius 2 is 1.88 bits per heavy atom. The predicted octanol–water partition coefficient (Wildman–Crippen LogP) is 1.43. The second kappa shape index (κ2) is 8.53. The third-order valence-electron chi connectivity index (χ3n) is 4.06. The summed E-state index contributed by atoms with van der Waals surface area (Å²) in [6.45, 7) is 5.53. The molecule has 0 atom stereocenters. The summed E-state index contributed by atoms with van der Waals surface area (Å²) in [5.41, 5.74) is 0.411. The van der Waals surface area contributed by atoms with Crippen LogP contribution in [0.2, 0.25) is 0 Å². The third kappa shape index (κ3) is 6.21. The van der Waals surface area contributed by atoms with Crippen molar-refractivity contribution in [3.8, 4) is 5.75 Å². The molecule has 0 spiro atoms. The molecule has 0 aliphatic carbocycles. The monoisotopic (exact) mass is 369 g/mol. The molecule has 2 rings (SSSR count). The second-order valence-corrected chi connectivity index (χ2v) is 8.26. The smallest absolute Gasteiger partial charge is 0.241 e. The van der Waals surface area contributed by atoms with Crippen molar-refractivity contribution in [3.63, 3.8) is 0 Å². The Labute approximate surface area is 149 Å². The molecule has 140 valence electrons. The molecule has 25 heavy (non-hydrogen) atoms. The summed E-state index contributed by atoms with van der Waals surface area (Å²) in [4.78, 5) is 13.8. The van der Waals surface area contributed by atoms with Gasteiger partial charge in [-0.3, -0.25) is 9.52 Å². The van der Waals surface area contributed by atoms with Crippen molar-refractivity contribution in [1.82, 2.24) is 10.2 Å². The van der Waals surface area contributed by atoms with Gasteiger partial charge in [0.1, 0.15) is 11.5 Å². The van der Waals surface area contributed by atoms with Crippen molar-refractivity contribution in [2.75, 3.05) is 30.6 Å². The topological polar surface area (TPSA) is 87.7 Å². The predicted molar refractivity (Wildman–Crippen MR) is 98.3 cm³/mol. The van der Waals surface area contributed by atoms with E-state index in [1.54, 1.807) is 36.2 Å². The first kappa shape index (κ1) is 19.5. The number of amides is 1. The van der Waals surface area contributed by atoms with E-state index in [1.165, 1.54) is 0 Å². The summed E-state index contributed by atoms with van der Waals surface area (Å²) in [6.07, 6.45) is 1.73. The van der Waals surface area contributed by atoms with Crippen LogP contribution in [0.4, 0.5) is 5.69 Å². The van der Waals surface area contributed by atoms with Crippen molar-refractivity contribution < 1.29 is 17.9 Å². The molecule has 0 bridgehead atoms. The molecule has 2 N–H and O–H groups in total. The van der Waals surface area contributed by atoms with E-state index in [2.05, 4.69) is 10.0 Å². The van der Waals surface area contributed by atoms with Crippen LogP contribution in [0.3, 0.4) is 0 Å². The number of piperidine rings is 1. The standard InChI is InChI=1S/C17H27N3O4S/c1-13(2)24-16-6-4-14(5-7-16)19-25(22,23)12-17(21)20(3)15-8-10-18-11-9-15/h4-7,13,15,18-19H,8-12H2,1-3H3. The molecule has 1 aliphatic heterocycles. The van der Waals surface area contributed by atoms with E-state index < -0.39 is 15.8 Å². The molecule has 1 aliphatic rings. The van der Waals surface area contributed by atoms with Crippen LogP contribution in [0.1, 0.15) is 26.7 Å². The van der Waals surface area contributed by atoms with E-state index in [0.717, 1.165) is 25.9 Å². The number of hydrogen-bond donors (Lipinski definition) is 2. The van der Waals surface area contributed by atoms with Gasteiger partial charge in [-0.2, -0.15) is 0 Å². The number of hydrogen-bond acceptors (Lipinski definition) is 5. The molecule has 0 unspecified atom stereocenters. The van der Waals surface area contributed by atoms with Crippen LogP contribution in [0.25, 0.3) is 0 Å². The van der Waals surface area contributed by atoms with Crippen molar-refractivity contribution >= 4 is 21.6 Å². The average molecular weight is 369 g/mol. The molecule has 1 aromatic rings. The van der Waals surface area contributed by atoms with Crippen LogP contribution in [-0.2, 0) is 14.8 Å². The van der Waals surface area contributed by atoms with Gasteiger partial charge in [0, 0.05) is 18.8 Å². The third-order valence-corrected chi connectivity index (χ3v) is 5.24. The van der Waals surface area contributed by atoms with E-state index in [1.807, 2.05) is 13.8 Å². The molecular weight excluding hydrogens is 342 g/mol. The van der Waals surface area contributed by atoms with E-state index in [0.29, 0.717) is 11.4 Å². The lowest BCUT2D eigenvalue weighted by Crippen LogP contribution is -2.46. The maximum Gasteiger partial charge on any atom is 0.241 e. The van der Waals surface area contributed by atoms with E-state index in [4.69, 9.17) is 4.74 Å². The zero-order valence-corrected chi connectivity index (χ0v) is 15.8. The summed E-state index contributed by atoms with van der Waals surface area (Å²) in [5.74, 6) is -0.281. The Morgan fingerprint density at radius 3 is 2.44 bits per heavy atom. The van der Waals surface area contributed by atoms with Gasteiger partial charge in [-0.1, -0.05) is 0 Å². The van der Waals surface area contributed by atoms with Gasteiger partial charge in [0.15, 0.2) is 0 Å². The molecule has 7 nitrogen and oxygen atoms in total. The largest absolute Gasteiger partial charge is 0.491 e. The fourth-order valence-electron chi connectivity index (χ4n) is 2.75. The molecular formula is C17H27N3O4S. The van der Waals surface area contributed by atoms with Gasteiger partial charge in [-0.15, -0.1) is 0 Å². The van der Waals surface area contributed by atoms with Crippen LogP contribution < -0.4 is 14.8 Å². The minimum Gasteiger partial charge on any atom is -0.491 e. The highest BCUT2D eigenvalue weighted by molar-refractivity contribution is 7.93. The number of nitrogens with one attached hydrogen (secondary N) is 2. The lowest BCUT2D eigenvalue weighted by atomic mass is 10.1. The van der Waals surface area contributed by atoms with Crippen LogP contribution in [-0.4, -0.2) is 57.3 Å². The van der Waals surface area contributed by atoms with E-state index in [9.17, 15) is 13.2 Å². The SMILES string of the molecule is CC(C)Oc1ccc(NS(=O)(=O)CC(=O)N(C)C2CCNCC2)cc1. The number of ether oxygens (including phenoxy) is 1. The molecule has 8 heteroatoms. The van der Waals surface area contributed by atoms with E-state index in [-0.39, 0.29) is 18.1 Å². The first-order valence-electron chi connectivity index (χ1n) is 8.50. The molecule has 1 saturated heterocycles. The molecule has 1 heterocycles. The average Bonchev–Trinajstić information content (AvgIpc) is 2.55. The van der Waals surface area contributed by atoms with Gasteiger partial charge >= 0.3 is 0 Å².